The fourth-order valence-electron chi connectivity index (χ4n) is 3.86. The van der Waals surface area contributed by atoms with Gasteiger partial charge in [-0.3, -0.25) is 18.8 Å². The molecular formula is C23H25FN4O5S. The Balaban J connectivity index is 1.48. The van der Waals surface area contributed by atoms with E-state index in [1.807, 2.05) is 17.0 Å². The highest BCUT2D eigenvalue weighted by molar-refractivity contribution is 7.91. The Hall–Kier alpha value is -3.31. The van der Waals surface area contributed by atoms with Crippen molar-refractivity contribution in [1.29, 1.82) is 0 Å². The highest BCUT2D eigenvalue weighted by Crippen LogP contribution is 2.21. The van der Waals surface area contributed by atoms with Crippen LogP contribution < -0.4 is 5.69 Å². The van der Waals surface area contributed by atoms with Crippen molar-refractivity contribution in [2.75, 3.05) is 24.6 Å². The van der Waals surface area contributed by atoms with Crippen LogP contribution in [0, 0.1) is 5.82 Å². The summed E-state index contributed by atoms with van der Waals surface area (Å²) in [6.45, 7) is 2.29. The third kappa shape index (κ3) is 5.42. The van der Waals surface area contributed by atoms with Crippen molar-refractivity contribution in [1.82, 2.24) is 19.0 Å². The lowest BCUT2D eigenvalue weighted by Crippen LogP contribution is -2.40. The third-order valence-electron chi connectivity index (χ3n) is 5.74. The molecule has 34 heavy (non-hydrogen) atoms. The molecule has 3 heterocycles. The molecule has 0 bridgehead atoms. The van der Waals surface area contributed by atoms with Crippen molar-refractivity contribution in [2.45, 2.75) is 26.6 Å². The van der Waals surface area contributed by atoms with Gasteiger partial charge in [0.1, 0.15) is 11.6 Å². The van der Waals surface area contributed by atoms with Gasteiger partial charge in [0, 0.05) is 25.2 Å². The van der Waals surface area contributed by atoms with Gasteiger partial charge in [0.25, 0.3) is 0 Å². The minimum atomic E-state index is -3.01. The van der Waals surface area contributed by atoms with Crippen molar-refractivity contribution in [3.63, 3.8) is 0 Å². The van der Waals surface area contributed by atoms with E-state index in [0.29, 0.717) is 18.8 Å². The fourth-order valence-corrected chi connectivity index (χ4v) is 5.13. The Bertz CT molecular complexity index is 1370. The van der Waals surface area contributed by atoms with Crippen molar-refractivity contribution in [3.8, 4) is 17.1 Å². The lowest BCUT2D eigenvalue weighted by Gasteiger charge is -2.26. The number of aromatic nitrogens is 3. The molecule has 0 saturated carbocycles. The molecule has 1 aliphatic rings. The maximum absolute atomic E-state index is 14.4. The summed E-state index contributed by atoms with van der Waals surface area (Å²) >= 11 is 0. The molecule has 0 aliphatic carbocycles. The van der Waals surface area contributed by atoms with Crippen LogP contribution in [-0.4, -0.2) is 62.9 Å². The zero-order valence-electron chi connectivity index (χ0n) is 18.6. The molecule has 9 nitrogen and oxygen atoms in total. The smallest absolute Gasteiger partial charge is 0.331 e. The zero-order chi connectivity index (χ0) is 24.5. The van der Waals surface area contributed by atoms with Crippen LogP contribution in [0.25, 0.3) is 11.3 Å². The molecule has 1 aromatic carbocycles. The van der Waals surface area contributed by atoms with Gasteiger partial charge in [-0.25, -0.2) is 22.6 Å². The van der Waals surface area contributed by atoms with Crippen LogP contribution in [-0.2, 0) is 34.3 Å². The summed E-state index contributed by atoms with van der Waals surface area (Å²) in [5, 5.41) is 9.94. The van der Waals surface area contributed by atoms with Crippen molar-refractivity contribution in [3.05, 3.63) is 70.2 Å². The number of carbonyl (C=O) groups is 1. The van der Waals surface area contributed by atoms with E-state index in [-0.39, 0.29) is 48.5 Å². The molecule has 180 valence electrons. The molecule has 4 rings (SSSR count). The summed E-state index contributed by atoms with van der Waals surface area (Å²) in [4.78, 5) is 30.1. The Kier molecular flexibility index (Phi) is 6.67. The number of carbonyl (C=O) groups excluding carboxylic acids is 1. The monoisotopic (exact) mass is 488 g/mol. The molecule has 3 aromatic rings. The van der Waals surface area contributed by atoms with Crippen molar-refractivity contribution in [2.24, 2.45) is 0 Å². The lowest BCUT2D eigenvalue weighted by atomic mass is 10.1. The second-order valence-corrected chi connectivity index (χ2v) is 10.7. The Morgan fingerprint density at radius 1 is 1.09 bits per heavy atom. The van der Waals surface area contributed by atoms with Crippen molar-refractivity contribution >= 4 is 15.6 Å². The highest BCUT2D eigenvalue weighted by Gasteiger charge is 2.23. The zero-order valence-corrected chi connectivity index (χ0v) is 19.5. The van der Waals surface area contributed by atoms with Gasteiger partial charge in [-0.2, -0.15) is 0 Å². The van der Waals surface area contributed by atoms with Crippen LogP contribution in [0.3, 0.4) is 0 Å². The van der Waals surface area contributed by atoms with Gasteiger partial charge < -0.3 is 5.11 Å². The summed E-state index contributed by atoms with van der Waals surface area (Å²) in [5.41, 5.74) is 1.91. The van der Waals surface area contributed by atoms with Crippen LogP contribution in [0.15, 0.2) is 47.4 Å². The number of benzene rings is 1. The molecular weight excluding hydrogens is 463 g/mol. The summed E-state index contributed by atoms with van der Waals surface area (Å²) in [6, 6.07) is 10.2. The van der Waals surface area contributed by atoms with Gasteiger partial charge in [-0.1, -0.05) is 24.3 Å². The number of pyridine rings is 1. The third-order valence-corrected chi connectivity index (χ3v) is 7.35. The van der Waals surface area contributed by atoms with Gasteiger partial charge in [0.15, 0.2) is 9.84 Å². The standard InChI is InChI=1S/C23H25FN4O5S/c1-16(29)12-28-22(30)15-27(23(28)31)13-17-2-4-18(5-3-17)20-7-6-19(24)21(25-20)14-26-8-10-34(32,33)11-9-26/h2-7,15,30H,8-14H2,1H3. The van der Waals surface area contributed by atoms with E-state index in [0.717, 1.165) is 15.7 Å². The second-order valence-electron chi connectivity index (χ2n) is 8.44. The number of hydrogen-bond donors (Lipinski definition) is 1. The minimum Gasteiger partial charge on any atom is -0.493 e. The molecule has 0 radical (unpaired) electrons. The lowest BCUT2D eigenvalue weighted by molar-refractivity contribution is -0.117. The summed E-state index contributed by atoms with van der Waals surface area (Å²) < 4.78 is 39.9. The second kappa shape index (κ2) is 9.51. The first-order valence-electron chi connectivity index (χ1n) is 10.8. The molecule has 1 saturated heterocycles. The number of halogens is 1. The molecule has 0 amide bonds. The van der Waals surface area contributed by atoms with Gasteiger partial charge >= 0.3 is 5.69 Å². The minimum absolute atomic E-state index is 0.0643. The molecule has 0 unspecified atom stereocenters. The number of hydrogen-bond acceptors (Lipinski definition) is 7. The van der Waals surface area contributed by atoms with E-state index in [9.17, 15) is 27.5 Å². The predicted octanol–water partition coefficient (Wildman–Crippen LogP) is 1.42. The summed E-state index contributed by atoms with van der Waals surface area (Å²) in [6.07, 6.45) is 1.29. The number of aromatic hydroxyl groups is 1. The van der Waals surface area contributed by atoms with Crippen molar-refractivity contribution < 1.29 is 22.7 Å². The molecule has 1 fully saturated rings. The first-order chi connectivity index (χ1) is 16.1. The maximum Gasteiger partial charge on any atom is 0.331 e. The molecule has 11 heteroatoms. The Morgan fingerprint density at radius 2 is 1.76 bits per heavy atom. The van der Waals surface area contributed by atoms with Crippen LogP contribution in [0.2, 0.25) is 0 Å². The first-order valence-corrected chi connectivity index (χ1v) is 12.6. The van der Waals surface area contributed by atoms with Crippen LogP contribution >= 0.6 is 0 Å². The molecule has 2 aromatic heterocycles. The van der Waals surface area contributed by atoms with E-state index in [4.69, 9.17) is 0 Å². The van der Waals surface area contributed by atoms with E-state index in [1.165, 1.54) is 23.8 Å². The number of Topliss-reactive ketones (excluding diaryl/α,β-unsaturated/α-hetero) is 1. The van der Waals surface area contributed by atoms with Crippen LogP contribution in [0.4, 0.5) is 4.39 Å². The first kappa shape index (κ1) is 23.8. The largest absolute Gasteiger partial charge is 0.493 e. The number of ketones is 1. The van der Waals surface area contributed by atoms with Gasteiger partial charge in [0.2, 0.25) is 5.88 Å². The fraction of sp³-hybridized carbons (Fsp3) is 0.348. The van der Waals surface area contributed by atoms with E-state index in [1.54, 1.807) is 18.2 Å². The Morgan fingerprint density at radius 3 is 2.41 bits per heavy atom. The molecule has 0 spiro atoms. The molecule has 1 N–H and O–H groups in total. The number of imidazole rings is 1. The normalized spacial score (nSPS) is 15.9. The number of nitrogens with zero attached hydrogens (tertiary/aromatic N) is 4. The Labute approximate surface area is 196 Å². The van der Waals surface area contributed by atoms with E-state index < -0.39 is 21.3 Å². The molecule has 1 aliphatic heterocycles. The quantitative estimate of drug-likeness (QED) is 0.535. The maximum atomic E-state index is 14.4. The summed E-state index contributed by atoms with van der Waals surface area (Å²) in [7, 11) is -3.01. The predicted molar refractivity (Wildman–Crippen MR) is 124 cm³/mol. The van der Waals surface area contributed by atoms with Gasteiger partial charge in [0.05, 0.1) is 42.2 Å². The number of sulfone groups is 1. The van der Waals surface area contributed by atoms with E-state index in [2.05, 4.69) is 4.98 Å². The number of rotatable bonds is 7. The van der Waals surface area contributed by atoms with Gasteiger partial charge in [-0.15, -0.1) is 0 Å². The summed E-state index contributed by atoms with van der Waals surface area (Å²) in [5.74, 6) is -0.825. The SMILES string of the molecule is CC(=O)Cn1c(O)cn(Cc2ccc(-c3ccc(F)c(CN4CCS(=O)(=O)CC4)n3)cc2)c1=O. The topological polar surface area (TPSA) is 114 Å². The molecule has 0 atom stereocenters. The highest BCUT2D eigenvalue weighted by atomic mass is 32.2. The van der Waals surface area contributed by atoms with E-state index >= 15 is 0 Å². The van der Waals surface area contributed by atoms with Crippen LogP contribution in [0.5, 0.6) is 5.88 Å². The van der Waals surface area contributed by atoms with Gasteiger partial charge in [-0.05, 0) is 24.6 Å². The van der Waals surface area contributed by atoms with Crippen LogP contribution in [0.1, 0.15) is 18.2 Å². The average molecular weight is 489 g/mol. The average Bonchev–Trinajstić information content (AvgIpc) is 3.04.